The van der Waals surface area contributed by atoms with Crippen LogP contribution in [0.25, 0.3) is 0 Å². The molecule has 1 unspecified atom stereocenters. The maximum Gasteiger partial charge on any atom is 0.223 e. The molecule has 2 rings (SSSR count). The number of hydrogen-bond donors (Lipinski definition) is 2. The van der Waals surface area contributed by atoms with E-state index >= 15 is 0 Å². The Kier molecular flexibility index (Phi) is 3.01. The first kappa shape index (κ1) is 10.9. The molecular weight excluding hydrogens is 188 g/mol. The van der Waals surface area contributed by atoms with Gasteiger partial charge in [0.2, 0.25) is 5.91 Å². The van der Waals surface area contributed by atoms with Gasteiger partial charge in [0.1, 0.15) is 0 Å². The van der Waals surface area contributed by atoms with Crippen LogP contribution >= 0.6 is 0 Å². The highest BCUT2D eigenvalue weighted by atomic mass is 16.1. The second kappa shape index (κ2) is 4.12. The van der Waals surface area contributed by atoms with Crippen molar-refractivity contribution in [2.24, 2.45) is 17.3 Å². The number of carbonyl (C=O) groups is 1. The van der Waals surface area contributed by atoms with Crippen LogP contribution in [0.5, 0.6) is 0 Å². The van der Waals surface area contributed by atoms with Gasteiger partial charge in [-0.25, -0.2) is 0 Å². The molecule has 86 valence electrons. The molecule has 1 saturated carbocycles. The smallest absolute Gasteiger partial charge is 0.223 e. The molecule has 0 bridgehead atoms. The van der Waals surface area contributed by atoms with Crippen LogP contribution in [0.15, 0.2) is 0 Å². The summed E-state index contributed by atoms with van der Waals surface area (Å²) in [6.07, 6.45) is 3.79. The summed E-state index contributed by atoms with van der Waals surface area (Å²) in [6.45, 7) is 7.18. The van der Waals surface area contributed by atoms with Gasteiger partial charge in [0, 0.05) is 12.5 Å². The largest absolute Gasteiger partial charge is 0.355 e. The summed E-state index contributed by atoms with van der Waals surface area (Å²) < 4.78 is 0. The SMILES string of the molecule is CCC1(CNC(=O)C(C)C2CNC2)CC1. The molecule has 3 nitrogen and oxygen atoms in total. The van der Waals surface area contributed by atoms with Gasteiger partial charge in [-0.3, -0.25) is 4.79 Å². The van der Waals surface area contributed by atoms with Gasteiger partial charge in [-0.05, 0) is 43.7 Å². The molecule has 3 heteroatoms. The van der Waals surface area contributed by atoms with Crippen molar-refractivity contribution in [1.82, 2.24) is 10.6 Å². The van der Waals surface area contributed by atoms with Crippen molar-refractivity contribution in [1.29, 1.82) is 0 Å². The molecule has 0 aromatic heterocycles. The van der Waals surface area contributed by atoms with Gasteiger partial charge in [0.15, 0.2) is 0 Å². The quantitative estimate of drug-likeness (QED) is 0.714. The first-order chi connectivity index (χ1) is 7.17. The van der Waals surface area contributed by atoms with Gasteiger partial charge < -0.3 is 10.6 Å². The Morgan fingerprint density at radius 2 is 2.20 bits per heavy atom. The van der Waals surface area contributed by atoms with E-state index in [0.29, 0.717) is 11.3 Å². The van der Waals surface area contributed by atoms with Crippen LogP contribution in [0.3, 0.4) is 0 Å². The first-order valence-electron chi connectivity index (χ1n) is 6.15. The van der Waals surface area contributed by atoms with Gasteiger partial charge in [-0.1, -0.05) is 13.8 Å². The maximum absolute atomic E-state index is 11.8. The minimum absolute atomic E-state index is 0.180. The lowest BCUT2D eigenvalue weighted by molar-refractivity contribution is -0.126. The zero-order valence-electron chi connectivity index (χ0n) is 9.81. The molecule has 0 aromatic carbocycles. The predicted molar refractivity (Wildman–Crippen MR) is 60.5 cm³/mol. The number of carbonyl (C=O) groups excluding carboxylic acids is 1. The third-order valence-electron chi connectivity index (χ3n) is 4.28. The second-order valence-corrected chi connectivity index (χ2v) is 5.28. The van der Waals surface area contributed by atoms with Crippen LogP contribution in [0.2, 0.25) is 0 Å². The molecule has 15 heavy (non-hydrogen) atoms. The highest BCUT2D eigenvalue weighted by molar-refractivity contribution is 5.78. The van der Waals surface area contributed by atoms with E-state index in [4.69, 9.17) is 0 Å². The summed E-state index contributed by atoms with van der Waals surface area (Å²) >= 11 is 0. The van der Waals surface area contributed by atoms with Gasteiger partial charge in [0.05, 0.1) is 0 Å². The van der Waals surface area contributed by atoms with Crippen LogP contribution in [-0.4, -0.2) is 25.5 Å². The molecule has 2 N–H and O–H groups in total. The standard InChI is InChI=1S/C12H22N2O/c1-3-12(4-5-12)8-14-11(15)9(2)10-6-13-7-10/h9-10,13H,3-8H2,1-2H3,(H,14,15). The highest BCUT2D eigenvalue weighted by Crippen LogP contribution is 2.47. The second-order valence-electron chi connectivity index (χ2n) is 5.28. The molecule has 0 spiro atoms. The maximum atomic E-state index is 11.8. The van der Waals surface area contributed by atoms with Crippen molar-refractivity contribution >= 4 is 5.91 Å². The van der Waals surface area contributed by atoms with Crippen molar-refractivity contribution in [3.8, 4) is 0 Å². The molecular formula is C12H22N2O. The molecule has 0 radical (unpaired) electrons. The van der Waals surface area contributed by atoms with Crippen LogP contribution < -0.4 is 10.6 Å². The molecule has 1 amide bonds. The van der Waals surface area contributed by atoms with Crippen LogP contribution in [-0.2, 0) is 4.79 Å². The van der Waals surface area contributed by atoms with Gasteiger partial charge >= 0.3 is 0 Å². The number of rotatable bonds is 5. The number of hydrogen-bond acceptors (Lipinski definition) is 2. The van der Waals surface area contributed by atoms with E-state index in [-0.39, 0.29) is 11.8 Å². The van der Waals surface area contributed by atoms with E-state index in [1.165, 1.54) is 19.3 Å². The van der Waals surface area contributed by atoms with Crippen molar-refractivity contribution in [2.75, 3.05) is 19.6 Å². The van der Waals surface area contributed by atoms with E-state index in [9.17, 15) is 4.79 Å². The Morgan fingerprint density at radius 1 is 1.53 bits per heavy atom. The van der Waals surface area contributed by atoms with Gasteiger partial charge in [0.25, 0.3) is 0 Å². The summed E-state index contributed by atoms with van der Waals surface area (Å²) in [5.41, 5.74) is 0.466. The van der Waals surface area contributed by atoms with Crippen LogP contribution in [0, 0.1) is 17.3 Å². The average molecular weight is 210 g/mol. The minimum Gasteiger partial charge on any atom is -0.355 e. The lowest BCUT2D eigenvalue weighted by Crippen LogP contribution is -2.50. The highest BCUT2D eigenvalue weighted by Gasteiger charge is 2.41. The molecule has 1 atom stereocenters. The summed E-state index contributed by atoms with van der Waals surface area (Å²) in [5, 5.41) is 6.33. The van der Waals surface area contributed by atoms with E-state index in [2.05, 4.69) is 17.6 Å². The topological polar surface area (TPSA) is 41.1 Å². The van der Waals surface area contributed by atoms with Crippen molar-refractivity contribution in [2.45, 2.75) is 33.1 Å². The minimum atomic E-state index is 0.180. The zero-order valence-corrected chi connectivity index (χ0v) is 9.81. The Bertz CT molecular complexity index is 244. The summed E-state index contributed by atoms with van der Waals surface area (Å²) in [6, 6.07) is 0. The van der Waals surface area contributed by atoms with E-state index in [1.807, 2.05) is 6.92 Å². The number of amides is 1. The number of nitrogens with one attached hydrogen (secondary N) is 2. The van der Waals surface area contributed by atoms with Gasteiger partial charge in [-0.2, -0.15) is 0 Å². The molecule has 1 aliphatic heterocycles. The average Bonchev–Trinajstić information content (AvgIpc) is 2.92. The van der Waals surface area contributed by atoms with E-state index < -0.39 is 0 Å². The fourth-order valence-corrected chi connectivity index (χ4v) is 2.15. The molecule has 0 aromatic rings. The monoisotopic (exact) mass is 210 g/mol. The summed E-state index contributed by atoms with van der Waals surface area (Å²) in [5.74, 6) is 0.988. The Balaban J connectivity index is 1.72. The molecule has 1 heterocycles. The van der Waals surface area contributed by atoms with Crippen LogP contribution in [0.1, 0.15) is 33.1 Å². The van der Waals surface area contributed by atoms with E-state index in [1.54, 1.807) is 0 Å². The fourth-order valence-electron chi connectivity index (χ4n) is 2.15. The lowest BCUT2D eigenvalue weighted by atomic mass is 9.88. The lowest BCUT2D eigenvalue weighted by Gasteiger charge is -2.32. The third-order valence-corrected chi connectivity index (χ3v) is 4.28. The van der Waals surface area contributed by atoms with Crippen molar-refractivity contribution in [3.63, 3.8) is 0 Å². The molecule has 1 saturated heterocycles. The normalized spacial score (nSPS) is 25.5. The van der Waals surface area contributed by atoms with Crippen molar-refractivity contribution < 1.29 is 4.79 Å². The van der Waals surface area contributed by atoms with Crippen molar-refractivity contribution in [3.05, 3.63) is 0 Å². The van der Waals surface area contributed by atoms with Crippen LogP contribution in [0.4, 0.5) is 0 Å². The summed E-state index contributed by atoms with van der Waals surface area (Å²) in [4.78, 5) is 11.8. The van der Waals surface area contributed by atoms with Gasteiger partial charge in [-0.15, -0.1) is 0 Å². The first-order valence-corrected chi connectivity index (χ1v) is 6.15. The summed E-state index contributed by atoms with van der Waals surface area (Å²) in [7, 11) is 0. The Labute approximate surface area is 92.0 Å². The zero-order chi connectivity index (χ0) is 10.9. The third kappa shape index (κ3) is 2.33. The predicted octanol–water partition coefficient (Wildman–Crippen LogP) is 1.15. The molecule has 2 fully saturated rings. The van der Waals surface area contributed by atoms with E-state index in [0.717, 1.165) is 19.6 Å². The fraction of sp³-hybridized carbons (Fsp3) is 0.917. The Hall–Kier alpha value is -0.570. The molecule has 1 aliphatic carbocycles. The molecule has 2 aliphatic rings. The Morgan fingerprint density at radius 3 is 2.60 bits per heavy atom.